The lowest BCUT2D eigenvalue weighted by Gasteiger charge is -2.36. The normalized spacial score (nSPS) is 21.0. The summed E-state index contributed by atoms with van der Waals surface area (Å²) < 4.78 is 11.9. The molecule has 0 fully saturated rings. The summed E-state index contributed by atoms with van der Waals surface area (Å²) >= 11 is 0. The van der Waals surface area contributed by atoms with E-state index in [-0.39, 0.29) is 42.4 Å². The lowest BCUT2D eigenvalue weighted by molar-refractivity contribution is -0.116. The largest absolute Gasteiger partial charge is 0.491 e. The van der Waals surface area contributed by atoms with E-state index in [1.165, 1.54) is 0 Å². The van der Waals surface area contributed by atoms with Gasteiger partial charge in [0.1, 0.15) is 12.4 Å². The van der Waals surface area contributed by atoms with Crippen LogP contribution in [0.4, 0.5) is 5.69 Å². The average molecular weight is 497 g/mol. The molecule has 9 heteroatoms. The van der Waals surface area contributed by atoms with Gasteiger partial charge >= 0.3 is 0 Å². The molecule has 1 aliphatic rings. The summed E-state index contributed by atoms with van der Waals surface area (Å²) in [5.41, 5.74) is 1.37. The number of ether oxygens (including phenoxy) is 2. The number of carbonyl (C=O) groups excluding carboxylic acids is 3. The smallest absolute Gasteiger partial charge is 0.257 e. The van der Waals surface area contributed by atoms with Gasteiger partial charge in [0.2, 0.25) is 5.91 Å². The second-order valence-corrected chi connectivity index (χ2v) is 9.31. The van der Waals surface area contributed by atoms with Crippen molar-refractivity contribution in [3.05, 3.63) is 53.9 Å². The second-order valence-electron chi connectivity index (χ2n) is 9.31. The summed E-state index contributed by atoms with van der Waals surface area (Å²) in [5.74, 6) is -0.159. The van der Waals surface area contributed by atoms with Crippen LogP contribution in [0.15, 0.2) is 42.7 Å². The van der Waals surface area contributed by atoms with Crippen LogP contribution in [0.25, 0.3) is 0 Å². The van der Waals surface area contributed by atoms with Crippen molar-refractivity contribution in [2.24, 2.45) is 5.92 Å². The van der Waals surface area contributed by atoms with Crippen LogP contribution in [-0.2, 0) is 9.53 Å². The Labute approximate surface area is 212 Å². The minimum Gasteiger partial charge on any atom is -0.491 e. The fraction of sp³-hybridized carbons (Fsp3) is 0.481. The van der Waals surface area contributed by atoms with Crippen molar-refractivity contribution < 1.29 is 23.9 Å². The lowest BCUT2D eigenvalue weighted by Crippen LogP contribution is -2.48. The minimum absolute atomic E-state index is 0.0631. The lowest BCUT2D eigenvalue weighted by atomic mass is 10.0. The molecule has 3 rings (SSSR count). The molecule has 0 saturated heterocycles. The molecule has 2 heterocycles. The van der Waals surface area contributed by atoms with Crippen LogP contribution in [0.5, 0.6) is 5.75 Å². The monoisotopic (exact) mass is 496 g/mol. The van der Waals surface area contributed by atoms with Gasteiger partial charge in [0.05, 0.1) is 23.3 Å². The number of fused-ring (bicyclic) bond motifs is 1. The van der Waals surface area contributed by atoms with Crippen molar-refractivity contribution in [1.82, 2.24) is 14.8 Å². The van der Waals surface area contributed by atoms with Gasteiger partial charge in [0.25, 0.3) is 11.8 Å². The van der Waals surface area contributed by atoms with Gasteiger partial charge in [-0.3, -0.25) is 19.4 Å². The second kappa shape index (κ2) is 12.5. The topological polar surface area (TPSA) is 101 Å². The maximum atomic E-state index is 13.4. The first-order valence-corrected chi connectivity index (χ1v) is 12.3. The van der Waals surface area contributed by atoms with Gasteiger partial charge in [-0.05, 0) is 43.7 Å². The van der Waals surface area contributed by atoms with Crippen molar-refractivity contribution in [2.75, 3.05) is 39.2 Å². The predicted octanol–water partition coefficient (Wildman–Crippen LogP) is 3.47. The molecule has 36 heavy (non-hydrogen) atoms. The fourth-order valence-corrected chi connectivity index (χ4v) is 4.24. The highest BCUT2D eigenvalue weighted by atomic mass is 16.5. The SMILES string of the molecule is CCCC(=O)Nc1ccc2c(c1)C(=O)N(C)C[C@@H](OC)[C@@H](C)CN(C(=O)c1cccnc1)[C@H](C)CO2. The first kappa shape index (κ1) is 27.1. The maximum Gasteiger partial charge on any atom is 0.257 e. The molecule has 0 bridgehead atoms. The van der Waals surface area contributed by atoms with Gasteiger partial charge in [-0.15, -0.1) is 0 Å². The number of nitrogens with zero attached hydrogens (tertiary/aromatic N) is 3. The fourth-order valence-electron chi connectivity index (χ4n) is 4.24. The molecule has 1 N–H and O–H groups in total. The minimum atomic E-state index is -0.299. The summed E-state index contributed by atoms with van der Waals surface area (Å²) in [5, 5.41) is 2.84. The number of hydrogen-bond acceptors (Lipinski definition) is 6. The van der Waals surface area contributed by atoms with Crippen LogP contribution in [0.2, 0.25) is 0 Å². The average Bonchev–Trinajstić information content (AvgIpc) is 2.88. The van der Waals surface area contributed by atoms with Gasteiger partial charge in [0.15, 0.2) is 0 Å². The Morgan fingerprint density at radius 2 is 2.00 bits per heavy atom. The Morgan fingerprint density at radius 3 is 2.67 bits per heavy atom. The number of carbonyl (C=O) groups is 3. The van der Waals surface area contributed by atoms with Gasteiger partial charge in [0, 0.05) is 57.7 Å². The number of methoxy groups -OCH3 is 1. The Morgan fingerprint density at radius 1 is 1.22 bits per heavy atom. The molecule has 0 saturated carbocycles. The maximum absolute atomic E-state index is 13.4. The quantitative estimate of drug-likeness (QED) is 0.680. The number of amides is 3. The molecular weight excluding hydrogens is 460 g/mol. The summed E-state index contributed by atoms with van der Waals surface area (Å²) in [7, 11) is 3.32. The third-order valence-corrected chi connectivity index (χ3v) is 6.37. The zero-order chi connectivity index (χ0) is 26.2. The van der Waals surface area contributed by atoms with E-state index in [0.717, 1.165) is 6.42 Å². The number of benzene rings is 1. The first-order valence-electron chi connectivity index (χ1n) is 12.3. The van der Waals surface area contributed by atoms with Crippen LogP contribution in [0, 0.1) is 5.92 Å². The highest BCUT2D eigenvalue weighted by molar-refractivity contribution is 5.99. The number of hydrogen-bond donors (Lipinski definition) is 1. The molecule has 194 valence electrons. The summed E-state index contributed by atoms with van der Waals surface area (Å²) in [6.07, 6.45) is 4.01. The molecular formula is C27H36N4O5. The molecule has 9 nitrogen and oxygen atoms in total. The zero-order valence-corrected chi connectivity index (χ0v) is 21.7. The number of likely N-dealkylation sites (N-methyl/N-ethyl adjacent to an activating group) is 1. The molecule has 0 radical (unpaired) electrons. The van der Waals surface area contributed by atoms with Crippen LogP contribution in [0.3, 0.4) is 0 Å². The third-order valence-electron chi connectivity index (χ3n) is 6.37. The van der Waals surface area contributed by atoms with Gasteiger partial charge in [-0.2, -0.15) is 0 Å². The van der Waals surface area contributed by atoms with Gasteiger partial charge in [-0.25, -0.2) is 0 Å². The predicted molar refractivity (Wildman–Crippen MR) is 137 cm³/mol. The molecule has 2 aromatic rings. The molecule has 3 atom stereocenters. The Kier molecular flexibility index (Phi) is 9.41. The Balaban J connectivity index is 1.96. The molecule has 0 aliphatic carbocycles. The van der Waals surface area contributed by atoms with E-state index in [1.807, 2.05) is 20.8 Å². The number of nitrogens with one attached hydrogen (secondary N) is 1. The van der Waals surface area contributed by atoms with Crippen molar-refractivity contribution in [3.63, 3.8) is 0 Å². The van der Waals surface area contributed by atoms with E-state index in [1.54, 1.807) is 66.7 Å². The van der Waals surface area contributed by atoms with E-state index in [9.17, 15) is 14.4 Å². The summed E-state index contributed by atoms with van der Waals surface area (Å²) in [4.78, 5) is 46.4. The van der Waals surface area contributed by atoms with Crippen molar-refractivity contribution in [1.29, 1.82) is 0 Å². The molecule has 1 aromatic heterocycles. The van der Waals surface area contributed by atoms with Crippen LogP contribution in [0.1, 0.15) is 54.3 Å². The van der Waals surface area contributed by atoms with E-state index < -0.39 is 0 Å². The van der Waals surface area contributed by atoms with E-state index in [4.69, 9.17) is 9.47 Å². The van der Waals surface area contributed by atoms with E-state index in [2.05, 4.69) is 10.3 Å². The molecule has 0 spiro atoms. The van der Waals surface area contributed by atoms with Crippen molar-refractivity contribution >= 4 is 23.4 Å². The molecule has 1 aromatic carbocycles. The molecule has 0 unspecified atom stereocenters. The molecule has 1 aliphatic heterocycles. The van der Waals surface area contributed by atoms with Crippen LogP contribution >= 0.6 is 0 Å². The van der Waals surface area contributed by atoms with Gasteiger partial charge < -0.3 is 24.6 Å². The first-order chi connectivity index (χ1) is 17.2. The van der Waals surface area contributed by atoms with Crippen molar-refractivity contribution in [2.45, 2.75) is 45.8 Å². The standard InChI is InChI=1S/C27H36N4O5/c1-6-8-25(32)29-21-10-11-23-22(13-21)27(34)30(4)16-24(35-5)18(2)15-31(19(3)17-36-23)26(33)20-9-7-12-28-14-20/h7,9-14,18-19,24H,6,8,15-17H2,1-5H3,(H,29,32)/t18-,19+,24+/m0/s1. The Bertz CT molecular complexity index is 1060. The summed E-state index contributed by atoms with van der Waals surface area (Å²) in [6, 6.07) is 8.23. The number of anilines is 1. The molecule has 3 amide bonds. The van der Waals surface area contributed by atoms with E-state index in [0.29, 0.717) is 42.1 Å². The number of pyridine rings is 1. The van der Waals surface area contributed by atoms with Crippen molar-refractivity contribution in [3.8, 4) is 5.75 Å². The van der Waals surface area contributed by atoms with Gasteiger partial charge in [-0.1, -0.05) is 13.8 Å². The number of rotatable bonds is 5. The highest BCUT2D eigenvalue weighted by Crippen LogP contribution is 2.27. The Hall–Kier alpha value is -3.46. The highest BCUT2D eigenvalue weighted by Gasteiger charge is 2.31. The van der Waals surface area contributed by atoms with Crippen LogP contribution in [-0.4, -0.2) is 78.5 Å². The summed E-state index contributed by atoms with van der Waals surface area (Å²) in [6.45, 7) is 6.79. The zero-order valence-electron chi connectivity index (χ0n) is 21.7. The van der Waals surface area contributed by atoms with Crippen LogP contribution < -0.4 is 10.1 Å². The van der Waals surface area contributed by atoms with E-state index >= 15 is 0 Å². The third kappa shape index (κ3) is 6.60. The number of aromatic nitrogens is 1.